The maximum absolute atomic E-state index is 13.8. The zero-order valence-corrected chi connectivity index (χ0v) is 22.7. The Bertz CT molecular complexity index is 1500. The molecule has 0 bridgehead atoms. The SMILES string of the molecule is Cc1cc([C@H](C(=O)N2C[C@H](O)C[C@H]2C2=N[C@](C)(c3ccc(-c4cccc(=O)n4C)cc3)C(=O)N2)C(C)C)on1. The normalized spacial score (nSPS) is 23.7. The lowest BCUT2D eigenvalue weighted by molar-refractivity contribution is -0.134. The molecule has 0 radical (unpaired) electrons. The fourth-order valence-corrected chi connectivity index (χ4v) is 5.49. The number of carbonyl (C=O) groups excluding carboxylic acids is 2. The van der Waals surface area contributed by atoms with Gasteiger partial charge in [-0.2, -0.15) is 0 Å². The molecule has 2 aliphatic rings. The summed E-state index contributed by atoms with van der Waals surface area (Å²) in [5, 5.41) is 17.4. The van der Waals surface area contributed by atoms with Gasteiger partial charge in [-0.15, -0.1) is 0 Å². The summed E-state index contributed by atoms with van der Waals surface area (Å²) in [6.45, 7) is 7.54. The molecule has 0 spiro atoms. The number of pyridine rings is 1. The van der Waals surface area contributed by atoms with Crippen molar-refractivity contribution in [1.82, 2.24) is 19.9 Å². The van der Waals surface area contributed by atoms with Gasteiger partial charge >= 0.3 is 0 Å². The minimum atomic E-state index is -1.21. The molecule has 5 rings (SSSR count). The number of hydrogen-bond donors (Lipinski definition) is 2. The highest BCUT2D eigenvalue weighted by molar-refractivity contribution is 6.11. The fraction of sp³-hybridized carbons (Fsp3) is 0.414. The first kappa shape index (κ1) is 26.6. The van der Waals surface area contributed by atoms with Crippen molar-refractivity contribution in [2.24, 2.45) is 18.0 Å². The van der Waals surface area contributed by atoms with Gasteiger partial charge in [0.25, 0.3) is 11.5 Å². The van der Waals surface area contributed by atoms with Crippen LogP contribution in [0, 0.1) is 12.8 Å². The lowest BCUT2D eigenvalue weighted by atomic mass is 9.91. The van der Waals surface area contributed by atoms with Crippen molar-refractivity contribution in [2.75, 3.05) is 6.54 Å². The van der Waals surface area contributed by atoms with Crippen LogP contribution in [0.4, 0.5) is 0 Å². The highest BCUT2D eigenvalue weighted by Gasteiger charge is 2.48. The van der Waals surface area contributed by atoms with E-state index < -0.39 is 23.6 Å². The lowest BCUT2D eigenvalue weighted by Crippen LogP contribution is -2.48. The first-order valence-corrected chi connectivity index (χ1v) is 13.1. The van der Waals surface area contributed by atoms with E-state index in [0.29, 0.717) is 22.9 Å². The summed E-state index contributed by atoms with van der Waals surface area (Å²) < 4.78 is 7.01. The van der Waals surface area contributed by atoms with Crippen LogP contribution in [0.25, 0.3) is 11.3 Å². The number of amides is 2. The molecule has 0 saturated carbocycles. The number of rotatable bonds is 6. The van der Waals surface area contributed by atoms with E-state index in [-0.39, 0.29) is 36.3 Å². The number of nitrogens with zero attached hydrogens (tertiary/aromatic N) is 4. The smallest absolute Gasteiger partial charge is 0.257 e. The Morgan fingerprint density at radius 2 is 1.90 bits per heavy atom. The molecule has 2 amide bonds. The summed E-state index contributed by atoms with van der Waals surface area (Å²) in [5.41, 5.74) is 1.64. The Labute approximate surface area is 226 Å². The molecule has 10 nitrogen and oxygen atoms in total. The molecule has 0 unspecified atom stereocenters. The zero-order valence-electron chi connectivity index (χ0n) is 22.7. The summed E-state index contributed by atoms with van der Waals surface area (Å²) in [6.07, 6.45) is -0.478. The van der Waals surface area contributed by atoms with Gasteiger partial charge in [0.2, 0.25) is 5.91 Å². The summed E-state index contributed by atoms with van der Waals surface area (Å²) in [5.74, 6) is -0.326. The minimum absolute atomic E-state index is 0.0729. The van der Waals surface area contributed by atoms with Gasteiger partial charge in [-0.25, -0.2) is 4.99 Å². The van der Waals surface area contributed by atoms with Crippen molar-refractivity contribution in [3.05, 3.63) is 75.9 Å². The quantitative estimate of drug-likeness (QED) is 0.503. The Morgan fingerprint density at radius 1 is 1.18 bits per heavy atom. The standard InChI is InChI=1S/C29H33N5O5/c1-16(2)25(23-13-17(3)32-39-23)27(37)34-15-20(35)14-22(34)26-30-28(38)29(4,31-26)19-11-9-18(10-12-19)21-7-6-8-24(36)33(21)5/h6-13,16,20,22,25,35H,14-15H2,1-5H3,(H,30,31,38)/t20-,22+,25-,29-/m1/s1. The van der Waals surface area contributed by atoms with E-state index in [1.807, 2.05) is 44.2 Å². The van der Waals surface area contributed by atoms with Crippen LogP contribution in [-0.4, -0.2) is 56.1 Å². The topological polar surface area (TPSA) is 130 Å². The van der Waals surface area contributed by atoms with Crippen molar-refractivity contribution in [3.63, 3.8) is 0 Å². The summed E-state index contributed by atoms with van der Waals surface area (Å²) in [6, 6.07) is 13.6. The van der Waals surface area contributed by atoms with Crippen LogP contribution in [0.2, 0.25) is 0 Å². The summed E-state index contributed by atoms with van der Waals surface area (Å²) in [4.78, 5) is 45.5. The average molecular weight is 532 g/mol. The largest absolute Gasteiger partial charge is 0.391 e. The van der Waals surface area contributed by atoms with E-state index >= 15 is 0 Å². The van der Waals surface area contributed by atoms with Crippen LogP contribution >= 0.6 is 0 Å². The van der Waals surface area contributed by atoms with Crippen molar-refractivity contribution >= 4 is 17.6 Å². The van der Waals surface area contributed by atoms with Crippen molar-refractivity contribution < 1.29 is 19.2 Å². The maximum atomic E-state index is 13.8. The van der Waals surface area contributed by atoms with E-state index in [1.165, 1.54) is 6.07 Å². The monoisotopic (exact) mass is 531 g/mol. The number of aliphatic imine (C=N–C) groups is 1. The molecular formula is C29H33N5O5. The molecule has 1 fully saturated rings. The zero-order chi connectivity index (χ0) is 28.1. The van der Waals surface area contributed by atoms with E-state index in [1.54, 1.807) is 42.5 Å². The molecule has 204 valence electrons. The highest BCUT2D eigenvalue weighted by atomic mass is 16.5. The van der Waals surface area contributed by atoms with Crippen LogP contribution in [0.1, 0.15) is 50.1 Å². The number of benzene rings is 1. The third-order valence-corrected chi connectivity index (χ3v) is 7.72. The van der Waals surface area contributed by atoms with Gasteiger partial charge in [0.1, 0.15) is 17.5 Å². The molecule has 1 saturated heterocycles. The number of amidine groups is 1. The number of hydrogen-bond acceptors (Lipinski definition) is 7. The van der Waals surface area contributed by atoms with Crippen molar-refractivity contribution in [1.29, 1.82) is 0 Å². The van der Waals surface area contributed by atoms with Crippen LogP contribution in [0.15, 0.2) is 62.8 Å². The first-order valence-electron chi connectivity index (χ1n) is 13.1. The van der Waals surface area contributed by atoms with E-state index in [2.05, 4.69) is 10.5 Å². The summed E-state index contributed by atoms with van der Waals surface area (Å²) in [7, 11) is 1.71. The highest BCUT2D eigenvalue weighted by Crippen LogP contribution is 2.35. The minimum Gasteiger partial charge on any atom is -0.391 e. The predicted molar refractivity (Wildman–Crippen MR) is 145 cm³/mol. The van der Waals surface area contributed by atoms with Crippen LogP contribution in [0.5, 0.6) is 0 Å². The maximum Gasteiger partial charge on any atom is 0.257 e. The van der Waals surface area contributed by atoms with Crippen LogP contribution in [-0.2, 0) is 22.2 Å². The number of nitrogens with one attached hydrogen (secondary N) is 1. The summed E-state index contributed by atoms with van der Waals surface area (Å²) >= 11 is 0. The van der Waals surface area contributed by atoms with Crippen LogP contribution in [0.3, 0.4) is 0 Å². The first-order chi connectivity index (χ1) is 18.5. The fourth-order valence-electron chi connectivity index (χ4n) is 5.49. The number of aliphatic hydroxyl groups excluding tert-OH is 1. The van der Waals surface area contributed by atoms with Gasteiger partial charge in [-0.05, 0) is 37.0 Å². The van der Waals surface area contributed by atoms with E-state index in [0.717, 1.165) is 11.3 Å². The number of likely N-dealkylation sites (tertiary alicyclic amines) is 1. The molecule has 3 aromatic rings. The Balaban J connectivity index is 1.44. The molecule has 4 heterocycles. The Morgan fingerprint density at radius 3 is 2.54 bits per heavy atom. The molecule has 2 aromatic heterocycles. The van der Waals surface area contributed by atoms with Gasteiger partial charge in [0.15, 0.2) is 5.54 Å². The molecule has 10 heteroatoms. The molecule has 1 aromatic carbocycles. The van der Waals surface area contributed by atoms with Gasteiger partial charge in [-0.1, -0.05) is 49.3 Å². The van der Waals surface area contributed by atoms with Gasteiger partial charge in [0.05, 0.1) is 23.5 Å². The number of aliphatic hydroxyl groups is 1. The molecule has 0 aliphatic carbocycles. The van der Waals surface area contributed by atoms with E-state index in [9.17, 15) is 19.5 Å². The second kappa shape index (κ2) is 9.92. The van der Waals surface area contributed by atoms with Gasteiger partial charge in [0, 0.05) is 32.1 Å². The molecular weight excluding hydrogens is 498 g/mol. The average Bonchev–Trinajstić information content (AvgIpc) is 3.58. The molecule has 4 atom stereocenters. The number of aromatic nitrogens is 2. The third-order valence-electron chi connectivity index (χ3n) is 7.72. The third kappa shape index (κ3) is 4.69. The van der Waals surface area contributed by atoms with Crippen LogP contribution < -0.4 is 10.9 Å². The Hall–Kier alpha value is -4.05. The number of aryl methyl sites for hydroxylation is 1. The lowest BCUT2D eigenvalue weighted by Gasteiger charge is -2.29. The molecule has 2 N–H and O–H groups in total. The second-order valence-electron chi connectivity index (χ2n) is 10.9. The van der Waals surface area contributed by atoms with Crippen molar-refractivity contribution in [3.8, 4) is 11.3 Å². The second-order valence-corrected chi connectivity index (χ2v) is 10.9. The molecule has 2 aliphatic heterocycles. The molecule has 39 heavy (non-hydrogen) atoms. The van der Waals surface area contributed by atoms with E-state index in [4.69, 9.17) is 9.52 Å². The van der Waals surface area contributed by atoms with Crippen molar-refractivity contribution in [2.45, 2.75) is 57.7 Å². The predicted octanol–water partition coefficient (Wildman–Crippen LogP) is 2.49. The Kier molecular flexibility index (Phi) is 6.76. The number of carbonyl (C=O) groups is 2. The van der Waals surface area contributed by atoms with Gasteiger partial charge < -0.3 is 24.4 Å². The van der Waals surface area contributed by atoms with Gasteiger partial charge in [-0.3, -0.25) is 14.4 Å². The number of β-amino-alcohol motifs (C(OH)–C–C–N with tert-alkyl or cyclic N) is 1.